The van der Waals surface area contributed by atoms with E-state index in [0.29, 0.717) is 11.3 Å². The van der Waals surface area contributed by atoms with Crippen molar-refractivity contribution in [3.8, 4) is 0 Å². The maximum atomic E-state index is 13.0. The number of nitrogens with one attached hydrogen (secondary N) is 1. The van der Waals surface area contributed by atoms with Crippen molar-refractivity contribution < 1.29 is 4.79 Å². The van der Waals surface area contributed by atoms with E-state index in [4.69, 9.17) is 0 Å². The van der Waals surface area contributed by atoms with Gasteiger partial charge in [0.1, 0.15) is 0 Å². The molecule has 1 aromatic rings. The van der Waals surface area contributed by atoms with E-state index in [1.807, 2.05) is 6.07 Å². The monoisotopic (exact) mass is 355 g/mol. The van der Waals surface area contributed by atoms with Crippen molar-refractivity contribution in [3.05, 3.63) is 35.9 Å². The molecule has 3 aliphatic rings. The van der Waals surface area contributed by atoms with Gasteiger partial charge in [0.25, 0.3) is 0 Å². The highest BCUT2D eigenvalue weighted by atomic mass is 16.2. The van der Waals surface area contributed by atoms with Crippen molar-refractivity contribution in [1.82, 2.24) is 15.1 Å². The molecule has 4 heteroatoms. The summed E-state index contributed by atoms with van der Waals surface area (Å²) in [4.78, 5) is 17.9. The SMILES string of the molecule is CCN1CC2(CCN(C3CCNCC3)CC2)C[C@@H](c2ccccc2)C1=O. The largest absolute Gasteiger partial charge is 0.342 e. The van der Waals surface area contributed by atoms with E-state index >= 15 is 0 Å². The van der Waals surface area contributed by atoms with Crippen LogP contribution in [0.15, 0.2) is 30.3 Å². The van der Waals surface area contributed by atoms with Crippen LogP contribution in [-0.4, -0.2) is 61.0 Å². The minimum absolute atomic E-state index is 0.0512. The van der Waals surface area contributed by atoms with Gasteiger partial charge in [-0.25, -0.2) is 0 Å². The highest BCUT2D eigenvalue weighted by molar-refractivity contribution is 5.84. The van der Waals surface area contributed by atoms with Crippen LogP contribution in [0.25, 0.3) is 0 Å². The van der Waals surface area contributed by atoms with Gasteiger partial charge >= 0.3 is 0 Å². The molecule has 1 N–H and O–H groups in total. The minimum Gasteiger partial charge on any atom is -0.342 e. The molecule has 142 valence electrons. The average Bonchev–Trinajstić information content (AvgIpc) is 2.71. The standard InChI is InChI=1S/C22H33N3O/c1-2-24-17-22(16-20(21(24)26)18-6-4-3-5-7-18)10-14-25(15-11-22)19-8-12-23-13-9-19/h3-7,19-20,23H,2,8-17H2,1H3/t20-/m0/s1. The van der Waals surface area contributed by atoms with Crippen molar-refractivity contribution in [2.75, 3.05) is 39.3 Å². The molecule has 3 saturated heterocycles. The molecule has 0 radical (unpaired) electrons. The van der Waals surface area contributed by atoms with E-state index in [9.17, 15) is 4.79 Å². The number of benzene rings is 1. The molecule has 0 saturated carbocycles. The molecule has 26 heavy (non-hydrogen) atoms. The Morgan fingerprint density at radius 1 is 1.12 bits per heavy atom. The third-order valence-corrected chi connectivity index (χ3v) is 7.04. The van der Waals surface area contributed by atoms with E-state index in [0.717, 1.165) is 25.6 Å². The highest BCUT2D eigenvalue weighted by Crippen LogP contribution is 2.46. The topological polar surface area (TPSA) is 35.6 Å². The lowest BCUT2D eigenvalue weighted by atomic mass is 9.67. The second-order valence-electron chi connectivity index (χ2n) is 8.54. The summed E-state index contributed by atoms with van der Waals surface area (Å²) in [5.74, 6) is 0.389. The zero-order valence-electron chi connectivity index (χ0n) is 16.1. The number of nitrogens with zero attached hydrogens (tertiary/aromatic N) is 2. The predicted molar refractivity (Wildman–Crippen MR) is 105 cm³/mol. The summed E-state index contributed by atoms with van der Waals surface area (Å²) in [7, 11) is 0. The van der Waals surface area contributed by atoms with Gasteiger partial charge in [-0.3, -0.25) is 4.79 Å². The summed E-state index contributed by atoms with van der Waals surface area (Å²) < 4.78 is 0. The number of hydrogen-bond acceptors (Lipinski definition) is 3. The Morgan fingerprint density at radius 2 is 1.81 bits per heavy atom. The van der Waals surface area contributed by atoms with Gasteiger partial charge in [0, 0.05) is 19.1 Å². The number of likely N-dealkylation sites (N-methyl/N-ethyl adjacent to an activating group) is 1. The molecule has 1 spiro atoms. The summed E-state index contributed by atoms with van der Waals surface area (Å²) in [6.45, 7) is 8.67. The fourth-order valence-corrected chi connectivity index (χ4v) is 5.40. The Kier molecular flexibility index (Phi) is 5.32. The van der Waals surface area contributed by atoms with Crippen LogP contribution in [0.4, 0.5) is 0 Å². The molecule has 3 heterocycles. The first kappa shape index (κ1) is 18.0. The number of rotatable bonds is 3. The van der Waals surface area contributed by atoms with Crippen molar-refractivity contribution in [2.45, 2.75) is 51.0 Å². The molecule has 0 aliphatic carbocycles. The lowest BCUT2D eigenvalue weighted by molar-refractivity contribution is -0.141. The van der Waals surface area contributed by atoms with Gasteiger partial charge in [0.05, 0.1) is 5.92 Å². The third-order valence-electron chi connectivity index (χ3n) is 7.04. The van der Waals surface area contributed by atoms with Crippen molar-refractivity contribution in [1.29, 1.82) is 0 Å². The van der Waals surface area contributed by atoms with Gasteiger partial charge in [0.15, 0.2) is 0 Å². The van der Waals surface area contributed by atoms with Gasteiger partial charge in [-0.05, 0) is 76.2 Å². The van der Waals surface area contributed by atoms with Gasteiger partial charge < -0.3 is 15.1 Å². The fourth-order valence-electron chi connectivity index (χ4n) is 5.40. The van der Waals surface area contributed by atoms with Crippen LogP contribution in [0.2, 0.25) is 0 Å². The second-order valence-corrected chi connectivity index (χ2v) is 8.54. The van der Waals surface area contributed by atoms with Gasteiger partial charge in [-0.15, -0.1) is 0 Å². The smallest absolute Gasteiger partial charge is 0.230 e. The van der Waals surface area contributed by atoms with E-state index in [2.05, 4.69) is 46.3 Å². The molecule has 0 aromatic heterocycles. The lowest BCUT2D eigenvalue weighted by Gasteiger charge is -2.51. The van der Waals surface area contributed by atoms with Crippen molar-refractivity contribution in [3.63, 3.8) is 0 Å². The molecule has 0 bridgehead atoms. The zero-order valence-corrected chi connectivity index (χ0v) is 16.1. The summed E-state index contributed by atoms with van der Waals surface area (Å²) in [5, 5.41) is 3.48. The molecular weight excluding hydrogens is 322 g/mol. The summed E-state index contributed by atoms with van der Waals surface area (Å²) in [5.41, 5.74) is 1.52. The third kappa shape index (κ3) is 3.54. The van der Waals surface area contributed by atoms with Crippen LogP contribution < -0.4 is 5.32 Å². The van der Waals surface area contributed by atoms with Crippen molar-refractivity contribution in [2.24, 2.45) is 5.41 Å². The molecule has 3 fully saturated rings. The van der Waals surface area contributed by atoms with Crippen LogP contribution in [0, 0.1) is 5.41 Å². The molecule has 4 nitrogen and oxygen atoms in total. The summed E-state index contributed by atoms with van der Waals surface area (Å²) in [6.07, 6.45) is 6.10. The van der Waals surface area contributed by atoms with Crippen LogP contribution in [-0.2, 0) is 4.79 Å². The Morgan fingerprint density at radius 3 is 2.46 bits per heavy atom. The average molecular weight is 356 g/mol. The molecule has 1 amide bonds. The molecule has 3 aliphatic heterocycles. The quantitative estimate of drug-likeness (QED) is 0.906. The first-order valence-corrected chi connectivity index (χ1v) is 10.5. The molecule has 1 aromatic carbocycles. The predicted octanol–water partition coefficient (Wildman–Crippen LogP) is 2.86. The van der Waals surface area contributed by atoms with E-state index in [1.165, 1.54) is 57.4 Å². The Hall–Kier alpha value is -1.39. The number of carbonyl (C=O) groups excluding carboxylic acids is 1. The zero-order chi connectivity index (χ0) is 18.0. The highest BCUT2D eigenvalue weighted by Gasteiger charge is 2.46. The van der Waals surface area contributed by atoms with Gasteiger partial charge in [-0.2, -0.15) is 0 Å². The minimum atomic E-state index is 0.0512. The molecule has 1 atom stereocenters. The molecule has 0 unspecified atom stereocenters. The lowest BCUT2D eigenvalue weighted by Crippen LogP contribution is -2.55. The van der Waals surface area contributed by atoms with Gasteiger partial charge in [0.2, 0.25) is 5.91 Å². The number of piperidine rings is 3. The van der Waals surface area contributed by atoms with Crippen LogP contribution in [0.5, 0.6) is 0 Å². The normalized spacial score (nSPS) is 27.8. The Labute approximate surface area is 157 Å². The van der Waals surface area contributed by atoms with E-state index in [1.54, 1.807) is 0 Å². The number of likely N-dealkylation sites (tertiary alicyclic amines) is 2. The number of amides is 1. The first-order valence-electron chi connectivity index (χ1n) is 10.5. The molecular formula is C22H33N3O. The summed E-state index contributed by atoms with van der Waals surface area (Å²) >= 11 is 0. The maximum absolute atomic E-state index is 13.0. The van der Waals surface area contributed by atoms with Crippen LogP contribution >= 0.6 is 0 Å². The first-order chi connectivity index (χ1) is 12.7. The fraction of sp³-hybridized carbons (Fsp3) is 0.682. The number of hydrogen-bond donors (Lipinski definition) is 1. The number of carbonyl (C=O) groups is 1. The Balaban J connectivity index is 1.48. The Bertz CT molecular complexity index is 603. The molecule has 4 rings (SSSR count). The van der Waals surface area contributed by atoms with E-state index < -0.39 is 0 Å². The second kappa shape index (κ2) is 7.69. The maximum Gasteiger partial charge on any atom is 0.230 e. The van der Waals surface area contributed by atoms with Crippen molar-refractivity contribution >= 4 is 5.91 Å². The van der Waals surface area contributed by atoms with Crippen LogP contribution in [0.1, 0.15) is 50.5 Å². The van der Waals surface area contributed by atoms with E-state index in [-0.39, 0.29) is 5.92 Å². The summed E-state index contributed by atoms with van der Waals surface area (Å²) in [6, 6.07) is 11.2. The van der Waals surface area contributed by atoms with Crippen LogP contribution in [0.3, 0.4) is 0 Å². The van der Waals surface area contributed by atoms with Gasteiger partial charge in [-0.1, -0.05) is 30.3 Å².